The van der Waals surface area contributed by atoms with Gasteiger partial charge in [-0.15, -0.1) is 0 Å². The van der Waals surface area contributed by atoms with Gasteiger partial charge in [-0.1, -0.05) is 0 Å². The molecule has 2 aliphatic rings. The first-order chi connectivity index (χ1) is 10.0. The van der Waals surface area contributed by atoms with Crippen molar-refractivity contribution >= 4 is 35.3 Å². The molecule has 0 atom stereocenters. The highest BCUT2D eigenvalue weighted by atomic mass is 35.5. The lowest BCUT2D eigenvalue weighted by Crippen LogP contribution is -2.44. The fourth-order valence-corrected chi connectivity index (χ4v) is 4.16. The molecule has 3 heterocycles. The largest absolute Gasteiger partial charge is 0.341 e. The van der Waals surface area contributed by atoms with E-state index in [1.54, 1.807) is 0 Å². The minimum atomic E-state index is 0.225. The lowest BCUT2D eigenvalue weighted by molar-refractivity contribution is 0.565. The first-order valence-corrected chi connectivity index (χ1v) is 8.95. The molecule has 2 aliphatic heterocycles. The quantitative estimate of drug-likeness (QED) is 0.832. The minimum Gasteiger partial charge on any atom is -0.341 e. The van der Waals surface area contributed by atoms with Gasteiger partial charge < -0.3 is 9.80 Å². The van der Waals surface area contributed by atoms with Crippen LogP contribution in [0.25, 0.3) is 0 Å². The predicted octanol–water partition coefficient (Wildman–Crippen LogP) is 2.85. The Bertz CT molecular complexity index is 504. The molecule has 3 rings (SSSR count). The number of aromatic nitrogens is 3. The zero-order valence-corrected chi connectivity index (χ0v) is 14.3. The Morgan fingerprint density at radius 1 is 0.952 bits per heavy atom. The van der Waals surface area contributed by atoms with Crippen molar-refractivity contribution in [2.24, 2.45) is 0 Å². The topological polar surface area (TPSA) is 45.2 Å². The van der Waals surface area contributed by atoms with Gasteiger partial charge >= 0.3 is 0 Å². The number of piperidine rings is 1. The van der Waals surface area contributed by atoms with E-state index in [-0.39, 0.29) is 4.75 Å². The molecule has 7 heteroatoms. The summed E-state index contributed by atoms with van der Waals surface area (Å²) < 4.78 is 0.225. The maximum atomic E-state index is 6.14. The zero-order valence-electron chi connectivity index (χ0n) is 12.7. The van der Waals surface area contributed by atoms with E-state index in [2.05, 4.69) is 38.6 Å². The van der Waals surface area contributed by atoms with Crippen molar-refractivity contribution in [3.63, 3.8) is 0 Å². The number of halogens is 1. The summed E-state index contributed by atoms with van der Waals surface area (Å²) in [5, 5.41) is 0.302. The smallest absolute Gasteiger partial charge is 0.231 e. The summed E-state index contributed by atoms with van der Waals surface area (Å²) in [6, 6.07) is 0. The second-order valence-electron chi connectivity index (χ2n) is 6.28. The maximum Gasteiger partial charge on any atom is 0.231 e. The second-order valence-corrected chi connectivity index (χ2v) is 8.42. The summed E-state index contributed by atoms with van der Waals surface area (Å²) in [4.78, 5) is 17.8. The van der Waals surface area contributed by atoms with E-state index in [9.17, 15) is 0 Å². The molecule has 1 aromatic heterocycles. The molecule has 0 N–H and O–H groups in total. The van der Waals surface area contributed by atoms with Crippen LogP contribution in [0.2, 0.25) is 5.28 Å². The highest BCUT2D eigenvalue weighted by molar-refractivity contribution is 8.00. The number of anilines is 2. The molecule has 0 aliphatic carbocycles. The van der Waals surface area contributed by atoms with Gasteiger partial charge in [-0.2, -0.15) is 26.7 Å². The SMILES string of the molecule is CC1(C)CN(c2nc(Cl)nc(N3CCCCC3)n2)CCS1. The van der Waals surface area contributed by atoms with Crippen LogP contribution in [0.3, 0.4) is 0 Å². The van der Waals surface area contributed by atoms with Crippen LogP contribution in [0.4, 0.5) is 11.9 Å². The fourth-order valence-electron chi connectivity index (χ4n) is 2.89. The van der Waals surface area contributed by atoms with Crippen molar-refractivity contribution in [3.8, 4) is 0 Å². The van der Waals surface area contributed by atoms with Crippen LogP contribution in [0.15, 0.2) is 0 Å². The molecule has 0 spiro atoms. The summed E-state index contributed by atoms with van der Waals surface area (Å²) in [6.07, 6.45) is 3.69. The number of hydrogen-bond donors (Lipinski definition) is 0. The molecule has 116 valence electrons. The highest BCUT2D eigenvalue weighted by Crippen LogP contribution is 2.31. The first-order valence-electron chi connectivity index (χ1n) is 7.59. The Balaban J connectivity index is 1.83. The second kappa shape index (κ2) is 6.16. The summed E-state index contributed by atoms with van der Waals surface area (Å²) in [6.45, 7) is 8.46. The van der Waals surface area contributed by atoms with Crippen LogP contribution in [-0.4, -0.2) is 51.6 Å². The Labute approximate surface area is 135 Å². The third kappa shape index (κ3) is 3.72. The maximum absolute atomic E-state index is 6.14. The van der Waals surface area contributed by atoms with Gasteiger partial charge in [-0.25, -0.2) is 0 Å². The monoisotopic (exact) mass is 327 g/mol. The summed E-state index contributed by atoms with van der Waals surface area (Å²) in [7, 11) is 0. The molecule has 0 unspecified atom stereocenters. The normalized spacial score (nSPS) is 22.4. The van der Waals surface area contributed by atoms with Crippen LogP contribution in [0.1, 0.15) is 33.1 Å². The van der Waals surface area contributed by atoms with Crippen LogP contribution in [0.5, 0.6) is 0 Å². The Hall–Kier alpha value is -0.750. The lowest BCUT2D eigenvalue weighted by atomic mass is 10.1. The molecule has 0 bridgehead atoms. The molecule has 0 radical (unpaired) electrons. The average Bonchev–Trinajstić information content (AvgIpc) is 2.46. The van der Waals surface area contributed by atoms with Gasteiger partial charge in [0, 0.05) is 36.7 Å². The molecule has 0 saturated carbocycles. The summed E-state index contributed by atoms with van der Waals surface area (Å²) in [5.41, 5.74) is 0. The van der Waals surface area contributed by atoms with Gasteiger partial charge in [-0.3, -0.25) is 0 Å². The lowest BCUT2D eigenvalue weighted by Gasteiger charge is -2.37. The molecule has 2 saturated heterocycles. The van der Waals surface area contributed by atoms with Crippen molar-refractivity contribution < 1.29 is 0 Å². The Morgan fingerprint density at radius 3 is 2.29 bits per heavy atom. The van der Waals surface area contributed by atoms with Crippen LogP contribution in [0, 0.1) is 0 Å². The first kappa shape index (κ1) is 15.2. The number of hydrogen-bond acceptors (Lipinski definition) is 6. The molecule has 0 aromatic carbocycles. The number of rotatable bonds is 2. The van der Waals surface area contributed by atoms with Crippen molar-refractivity contribution in [2.75, 3.05) is 41.7 Å². The van der Waals surface area contributed by atoms with Crippen molar-refractivity contribution in [3.05, 3.63) is 5.28 Å². The molecule has 5 nitrogen and oxygen atoms in total. The van der Waals surface area contributed by atoms with Crippen molar-refractivity contribution in [1.29, 1.82) is 0 Å². The summed E-state index contributed by atoms with van der Waals surface area (Å²) in [5.74, 6) is 2.56. The van der Waals surface area contributed by atoms with E-state index in [1.165, 1.54) is 19.3 Å². The van der Waals surface area contributed by atoms with Crippen molar-refractivity contribution in [1.82, 2.24) is 15.0 Å². The number of nitrogens with zero attached hydrogens (tertiary/aromatic N) is 5. The van der Waals surface area contributed by atoms with Gasteiger partial charge in [0.25, 0.3) is 0 Å². The Morgan fingerprint density at radius 2 is 1.62 bits per heavy atom. The zero-order chi connectivity index (χ0) is 14.9. The van der Waals surface area contributed by atoms with Crippen LogP contribution < -0.4 is 9.80 Å². The molecular formula is C14H22ClN5S. The van der Waals surface area contributed by atoms with Gasteiger partial charge in [0.05, 0.1) is 0 Å². The van der Waals surface area contributed by atoms with Gasteiger partial charge in [0.2, 0.25) is 17.2 Å². The minimum absolute atomic E-state index is 0.225. The van der Waals surface area contributed by atoms with E-state index in [0.29, 0.717) is 5.28 Å². The average molecular weight is 328 g/mol. The third-order valence-electron chi connectivity index (χ3n) is 3.93. The molecule has 0 amide bonds. The standard InChI is InChI=1S/C14H22ClN5S/c1-14(2)10-20(8-9-21-14)13-17-11(15)16-12(18-13)19-6-4-3-5-7-19/h3-10H2,1-2H3. The van der Waals surface area contributed by atoms with E-state index in [1.807, 2.05) is 11.8 Å². The summed E-state index contributed by atoms with van der Waals surface area (Å²) >= 11 is 8.14. The van der Waals surface area contributed by atoms with E-state index in [0.717, 1.165) is 43.8 Å². The molecule has 1 aromatic rings. The van der Waals surface area contributed by atoms with Gasteiger partial charge in [0.15, 0.2) is 0 Å². The van der Waals surface area contributed by atoms with Crippen molar-refractivity contribution in [2.45, 2.75) is 37.9 Å². The van der Waals surface area contributed by atoms with E-state index in [4.69, 9.17) is 11.6 Å². The van der Waals surface area contributed by atoms with Gasteiger partial charge in [-0.05, 0) is 44.7 Å². The molecule has 21 heavy (non-hydrogen) atoms. The molecule has 2 fully saturated rings. The number of thioether (sulfide) groups is 1. The van der Waals surface area contributed by atoms with Gasteiger partial charge in [0.1, 0.15) is 0 Å². The van der Waals surface area contributed by atoms with E-state index < -0.39 is 0 Å². The molecular weight excluding hydrogens is 306 g/mol. The highest BCUT2D eigenvalue weighted by Gasteiger charge is 2.29. The fraction of sp³-hybridized carbons (Fsp3) is 0.786. The van der Waals surface area contributed by atoms with Crippen LogP contribution in [-0.2, 0) is 0 Å². The van der Waals surface area contributed by atoms with Crippen LogP contribution >= 0.6 is 23.4 Å². The predicted molar refractivity (Wildman–Crippen MR) is 89.7 cm³/mol. The van der Waals surface area contributed by atoms with E-state index >= 15 is 0 Å². The third-order valence-corrected chi connectivity index (χ3v) is 5.40. The Kier molecular flexibility index (Phi) is 4.45.